The van der Waals surface area contributed by atoms with Crippen LogP contribution < -0.4 is 10.6 Å². The maximum atomic E-state index is 13.8. The number of carbonyl (C=O) groups is 1. The molecule has 0 saturated heterocycles. The van der Waals surface area contributed by atoms with E-state index in [1.807, 2.05) is 0 Å². The Balaban J connectivity index is 1.64. The maximum absolute atomic E-state index is 13.8. The molecule has 1 amide bonds. The summed E-state index contributed by atoms with van der Waals surface area (Å²) in [7, 11) is 0. The SMILES string of the molecule is O=C(Nc1cc(C(F)(F)F)ccc1Cl)c1cc2n(n1)[C@H](C(F)(F)F)C[C@H](c1ccc(Cl)cc1)N2. The number of halogens is 8. The van der Waals surface area contributed by atoms with Crippen LogP contribution in [0.4, 0.5) is 37.8 Å². The van der Waals surface area contributed by atoms with Gasteiger partial charge in [0.25, 0.3) is 5.91 Å². The molecule has 0 bridgehead atoms. The molecule has 0 saturated carbocycles. The summed E-state index contributed by atoms with van der Waals surface area (Å²) in [6, 6.07) is 6.89. The highest BCUT2D eigenvalue weighted by molar-refractivity contribution is 6.34. The fraction of sp³-hybridized carbons (Fsp3) is 0.238. The molecule has 1 aliphatic rings. The Morgan fingerprint density at radius 1 is 1.03 bits per heavy atom. The van der Waals surface area contributed by atoms with E-state index < -0.39 is 48.0 Å². The first-order chi connectivity index (χ1) is 15.8. The van der Waals surface area contributed by atoms with Gasteiger partial charge in [-0.3, -0.25) is 4.79 Å². The van der Waals surface area contributed by atoms with Gasteiger partial charge in [-0.05, 0) is 35.9 Å². The van der Waals surface area contributed by atoms with E-state index in [0.29, 0.717) is 21.3 Å². The van der Waals surface area contributed by atoms with E-state index in [9.17, 15) is 31.1 Å². The molecule has 3 aromatic rings. The number of fused-ring (bicyclic) bond motifs is 1. The minimum Gasteiger partial charge on any atom is -0.363 e. The number of amides is 1. The highest BCUT2D eigenvalue weighted by Crippen LogP contribution is 2.44. The number of aromatic nitrogens is 2. The topological polar surface area (TPSA) is 59.0 Å². The van der Waals surface area contributed by atoms with Gasteiger partial charge in [0, 0.05) is 17.5 Å². The van der Waals surface area contributed by atoms with Gasteiger partial charge < -0.3 is 10.6 Å². The van der Waals surface area contributed by atoms with Crippen LogP contribution in [0.25, 0.3) is 0 Å². The summed E-state index contributed by atoms with van der Waals surface area (Å²) >= 11 is 11.7. The van der Waals surface area contributed by atoms with Crippen LogP contribution in [0.15, 0.2) is 48.5 Å². The zero-order valence-electron chi connectivity index (χ0n) is 16.8. The predicted octanol–water partition coefficient (Wildman–Crippen LogP) is 7.12. The van der Waals surface area contributed by atoms with Crippen molar-refractivity contribution in [2.45, 2.75) is 30.9 Å². The fourth-order valence-electron chi connectivity index (χ4n) is 3.58. The molecule has 0 fully saturated rings. The van der Waals surface area contributed by atoms with Crippen molar-refractivity contribution in [1.82, 2.24) is 9.78 Å². The molecule has 2 N–H and O–H groups in total. The van der Waals surface area contributed by atoms with E-state index in [-0.39, 0.29) is 16.5 Å². The molecule has 34 heavy (non-hydrogen) atoms. The van der Waals surface area contributed by atoms with Gasteiger partial charge in [-0.1, -0.05) is 35.3 Å². The maximum Gasteiger partial charge on any atom is 0.416 e. The average molecular weight is 523 g/mol. The molecule has 4 rings (SSSR count). The molecule has 1 aromatic heterocycles. The Morgan fingerprint density at radius 2 is 1.71 bits per heavy atom. The summed E-state index contributed by atoms with van der Waals surface area (Å²) in [6.07, 6.45) is -9.76. The number of carbonyl (C=O) groups excluding carboxylic acids is 1. The lowest BCUT2D eigenvalue weighted by Gasteiger charge is -2.33. The lowest BCUT2D eigenvalue weighted by Crippen LogP contribution is -2.35. The van der Waals surface area contributed by atoms with Gasteiger partial charge in [-0.25, -0.2) is 4.68 Å². The third-order valence-electron chi connectivity index (χ3n) is 5.24. The van der Waals surface area contributed by atoms with Gasteiger partial charge in [0.1, 0.15) is 5.82 Å². The van der Waals surface area contributed by atoms with Crippen molar-refractivity contribution in [3.05, 3.63) is 75.4 Å². The predicted molar refractivity (Wildman–Crippen MR) is 114 cm³/mol. The van der Waals surface area contributed by atoms with Crippen molar-refractivity contribution >= 4 is 40.6 Å². The Bertz CT molecular complexity index is 1220. The third kappa shape index (κ3) is 4.95. The molecular weight excluding hydrogens is 509 g/mol. The number of hydrogen-bond acceptors (Lipinski definition) is 3. The van der Waals surface area contributed by atoms with Crippen LogP contribution in [0.5, 0.6) is 0 Å². The normalized spacial score (nSPS) is 18.2. The number of hydrogen-bond donors (Lipinski definition) is 2. The summed E-state index contributed by atoms with van der Waals surface area (Å²) in [6.45, 7) is 0. The van der Waals surface area contributed by atoms with E-state index in [1.54, 1.807) is 24.3 Å². The highest BCUT2D eigenvalue weighted by atomic mass is 35.5. The van der Waals surface area contributed by atoms with E-state index in [0.717, 1.165) is 18.2 Å². The number of rotatable bonds is 3. The lowest BCUT2D eigenvalue weighted by atomic mass is 9.97. The van der Waals surface area contributed by atoms with Crippen molar-refractivity contribution in [3.63, 3.8) is 0 Å². The summed E-state index contributed by atoms with van der Waals surface area (Å²) in [5, 5.41) is 9.11. The minimum atomic E-state index is -4.68. The molecule has 2 heterocycles. The van der Waals surface area contributed by atoms with Crippen LogP contribution in [0, 0.1) is 0 Å². The van der Waals surface area contributed by atoms with Crippen molar-refractivity contribution in [3.8, 4) is 0 Å². The van der Waals surface area contributed by atoms with Crippen LogP contribution in [-0.2, 0) is 6.18 Å². The molecule has 0 aliphatic carbocycles. The van der Waals surface area contributed by atoms with Gasteiger partial charge in [-0.15, -0.1) is 0 Å². The number of anilines is 2. The Kier molecular flexibility index (Phi) is 6.19. The first-order valence-corrected chi connectivity index (χ1v) is 10.4. The second kappa shape index (κ2) is 8.70. The number of nitrogens with zero attached hydrogens (tertiary/aromatic N) is 2. The van der Waals surface area contributed by atoms with Crippen molar-refractivity contribution in [2.24, 2.45) is 0 Å². The first-order valence-electron chi connectivity index (χ1n) is 9.69. The molecule has 0 spiro atoms. The van der Waals surface area contributed by atoms with Crippen LogP contribution >= 0.6 is 23.2 Å². The molecule has 0 unspecified atom stereocenters. The molecule has 5 nitrogen and oxygen atoms in total. The van der Waals surface area contributed by atoms with Crippen molar-refractivity contribution in [2.75, 3.05) is 10.6 Å². The van der Waals surface area contributed by atoms with Crippen molar-refractivity contribution in [1.29, 1.82) is 0 Å². The zero-order chi connectivity index (χ0) is 24.8. The van der Waals surface area contributed by atoms with Gasteiger partial charge in [0.2, 0.25) is 0 Å². The summed E-state index contributed by atoms with van der Waals surface area (Å²) in [5.74, 6) is -1.09. The standard InChI is InChI=1S/C21H14Cl2F6N4O/c22-12-4-1-10(2-5-12)14-8-17(21(27,28)29)33-18(30-14)9-16(32-33)19(34)31-15-7-11(20(24,25)26)3-6-13(15)23/h1-7,9,14,17,30H,8H2,(H,31,34)/t14-,17+/m1/s1. The van der Waals surface area contributed by atoms with Gasteiger partial charge in [0.05, 0.1) is 22.3 Å². The summed E-state index contributed by atoms with van der Waals surface area (Å²) in [4.78, 5) is 12.6. The molecule has 2 atom stereocenters. The average Bonchev–Trinajstić information content (AvgIpc) is 3.18. The van der Waals surface area contributed by atoms with E-state index in [1.165, 1.54) is 0 Å². The largest absolute Gasteiger partial charge is 0.416 e. The van der Waals surface area contributed by atoms with E-state index in [2.05, 4.69) is 15.7 Å². The monoisotopic (exact) mass is 522 g/mol. The number of benzene rings is 2. The van der Waals surface area contributed by atoms with Gasteiger partial charge in [-0.2, -0.15) is 31.4 Å². The number of alkyl halides is 6. The van der Waals surface area contributed by atoms with Crippen LogP contribution in [0.1, 0.15) is 40.1 Å². The summed E-state index contributed by atoms with van der Waals surface area (Å²) < 4.78 is 81.0. The highest BCUT2D eigenvalue weighted by Gasteiger charge is 2.46. The Morgan fingerprint density at radius 3 is 2.32 bits per heavy atom. The second-order valence-corrected chi connectivity index (χ2v) is 8.39. The molecule has 13 heteroatoms. The second-order valence-electron chi connectivity index (χ2n) is 7.55. The van der Waals surface area contributed by atoms with Gasteiger partial charge in [0.15, 0.2) is 11.7 Å². The number of nitrogens with one attached hydrogen (secondary N) is 2. The molecule has 1 aliphatic heterocycles. The molecule has 0 radical (unpaired) electrons. The first kappa shape index (κ1) is 24.2. The van der Waals surface area contributed by atoms with Gasteiger partial charge >= 0.3 is 12.4 Å². The van der Waals surface area contributed by atoms with Crippen LogP contribution in [0.2, 0.25) is 10.0 Å². The summed E-state index contributed by atoms with van der Waals surface area (Å²) in [5.41, 5.74) is -1.29. The van der Waals surface area contributed by atoms with Crippen molar-refractivity contribution < 1.29 is 31.1 Å². The quantitative estimate of drug-likeness (QED) is 0.360. The molecule has 180 valence electrons. The van der Waals surface area contributed by atoms with Crippen LogP contribution in [0.3, 0.4) is 0 Å². The van der Waals surface area contributed by atoms with E-state index >= 15 is 0 Å². The Labute approximate surface area is 198 Å². The zero-order valence-corrected chi connectivity index (χ0v) is 18.3. The van der Waals surface area contributed by atoms with Crippen LogP contribution in [-0.4, -0.2) is 21.9 Å². The fourth-order valence-corrected chi connectivity index (χ4v) is 3.87. The van der Waals surface area contributed by atoms with E-state index in [4.69, 9.17) is 23.2 Å². The smallest absolute Gasteiger partial charge is 0.363 e. The third-order valence-corrected chi connectivity index (χ3v) is 5.82. The molecule has 2 aromatic carbocycles. The lowest BCUT2D eigenvalue weighted by molar-refractivity contribution is -0.173. The molecular formula is C21H14Cl2F6N4O. The minimum absolute atomic E-state index is 0.0752. The Hall–Kier alpha value is -2.92.